The van der Waals surface area contributed by atoms with Gasteiger partial charge < -0.3 is 11.1 Å². The molecule has 54 valence electrons. The first kappa shape index (κ1) is 10.9. The van der Waals surface area contributed by atoms with E-state index in [4.69, 9.17) is 5.73 Å². The molecule has 6 heteroatoms. The fourth-order valence-corrected chi connectivity index (χ4v) is 0.178. The molecule has 0 radical (unpaired) electrons. The molecule has 0 fully saturated rings. The van der Waals surface area contributed by atoms with Gasteiger partial charge in [0.15, 0.2) is 5.82 Å². The number of nitrogens with zero attached hydrogens (tertiary/aromatic N) is 1. The Bertz CT molecular complexity index is 124. The largest absolute Gasteiger partial charge is 0.380 e. The molecule has 0 rings (SSSR count). The number of rotatable bonds is 2. The molecule has 0 aliphatic heterocycles. The third-order valence-electron chi connectivity index (χ3n) is 0.533. The topological polar surface area (TPSA) is 81.2 Å². The number of hydrogen-bond donors (Lipinski definition) is 2. The number of nitrogens with two attached hydrogens (primary N) is 1. The van der Waals surface area contributed by atoms with Crippen LogP contribution in [0.3, 0.4) is 0 Å². The minimum Gasteiger partial charge on any atom is -0.380 e. The summed E-state index contributed by atoms with van der Waals surface area (Å²) in [6, 6.07) is 0. The third-order valence-corrected chi connectivity index (χ3v) is 0.533. The monoisotopic (exact) mass is 153 g/mol. The molecule has 0 aromatic rings. The molecular weight excluding hydrogens is 146 g/mol. The van der Waals surface area contributed by atoms with Gasteiger partial charge in [0.25, 0.3) is 6.20 Å². The quantitative estimate of drug-likeness (QED) is 0.420. The molecule has 0 unspecified atom stereocenters. The molecule has 3 N–H and O–H groups in total. The van der Waals surface area contributed by atoms with E-state index in [0.29, 0.717) is 6.20 Å². The summed E-state index contributed by atoms with van der Waals surface area (Å²) in [4.78, 5) is 8.96. The minimum atomic E-state index is -0.619. The van der Waals surface area contributed by atoms with Crippen LogP contribution in [0.15, 0.2) is 12.0 Å². The van der Waals surface area contributed by atoms with Gasteiger partial charge in [-0.2, -0.15) is 0 Å². The molecule has 0 aromatic heterocycles. The Morgan fingerprint density at radius 1 is 1.89 bits per heavy atom. The van der Waals surface area contributed by atoms with E-state index in [2.05, 4.69) is 5.32 Å². The van der Waals surface area contributed by atoms with Crippen LogP contribution in [0.5, 0.6) is 0 Å². The molecule has 0 atom stereocenters. The van der Waals surface area contributed by atoms with Gasteiger partial charge in [-0.1, -0.05) is 0 Å². The molecule has 0 saturated heterocycles. The van der Waals surface area contributed by atoms with E-state index in [1.165, 1.54) is 7.05 Å². The van der Waals surface area contributed by atoms with Gasteiger partial charge in [-0.3, -0.25) is 10.1 Å². The predicted octanol–water partition coefficient (Wildman–Crippen LogP) is -0.338. The van der Waals surface area contributed by atoms with Gasteiger partial charge in [-0.05, 0) is 0 Å². The van der Waals surface area contributed by atoms with E-state index in [1.807, 2.05) is 0 Å². The van der Waals surface area contributed by atoms with E-state index in [9.17, 15) is 10.1 Å². The zero-order valence-corrected chi connectivity index (χ0v) is 5.64. The number of nitrogens with one attached hydrogen (secondary N) is 1. The minimum absolute atomic E-state index is 0. The van der Waals surface area contributed by atoms with Crippen molar-refractivity contribution in [2.24, 2.45) is 5.73 Å². The molecule has 9 heavy (non-hydrogen) atoms. The summed E-state index contributed by atoms with van der Waals surface area (Å²) in [5, 5.41) is 12.0. The van der Waals surface area contributed by atoms with Crippen molar-refractivity contribution < 1.29 is 4.92 Å². The standard InChI is InChI=1S/C3H7N3O2.ClH/c1-5-3(4)2-6(7)8;/h2,5H,4H2,1H3;1H. The lowest BCUT2D eigenvalue weighted by Crippen LogP contribution is -2.15. The third kappa shape index (κ3) is 7.03. The second-order valence-electron chi connectivity index (χ2n) is 1.12. The molecule has 0 heterocycles. The lowest BCUT2D eigenvalue weighted by Gasteiger charge is -1.90. The first-order valence-corrected chi connectivity index (χ1v) is 1.95. The predicted molar refractivity (Wildman–Crippen MR) is 35.6 cm³/mol. The maximum Gasteiger partial charge on any atom is 0.273 e. The molecule has 5 nitrogen and oxygen atoms in total. The van der Waals surface area contributed by atoms with Crippen LogP contribution < -0.4 is 11.1 Å². The molecule has 0 bridgehead atoms. The SMILES string of the molecule is CNC(N)=C[N+](=O)[O-].Cl. The highest BCUT2D eigenvalue weighted by atomic mass is 35.5. The van der Waals surface area contributed by atoms with Crippen molar-refractivity contribution in [1.29, 1.82) is 0 Å². The van der Waals surface area contributed by atoms with Crippen LogP contribution in [0.4, 0.5) is 0 Å². The van der Waals surface area contributed by atoms with Gasteiger partial charge in [-0.15, -0.1) is 12.4 Å². The van der Waals surface area contributed by atoms with Gasteiger partial charge in [0.05, 0.1) is 4.92 Å². The van der Waals surface area contributed by atoms with Crippen molar-refractivity contribution in [1.82, 2.24) is 5.32 Å². The number of halogens is 1. The van der Waals surface area contributed by atoms with Crippen LogP contribution >= 0.6 is 12.4 Å². The van der Waals surface area contributed by atoms with Crippen LogP contribution in [-0.4, -0.2) is 12.0 Å². The van der Waals surface area contributed by atoms with E-state index in [0.717, 1.165) is 0 Å². The Morgan fingerprint density at radius 2 is 2.33 bits per heavy atom. The molecule has 0 amide bonds. The summed E-state index contributed by atoms with van der Waals surface area (Å²) >= 11 is 0. The van der Waals surface area contributed by atoms with Crippen molar-refractivity contribution in [2.75, 3.05) is 7.05 Å². The highest BCUT2D eigenvalue weighted by molar-refractivity contribution is 5.85. The van der Waals surface area contributed by atoms with E-state index >= 15 is 0 Å². The van der Waals surface area contributed by atoms with Crippen LogP contribution in [0, 0.1) is 10.1 Å². The molecule has 0 spiro atoms. The molecule has 0 aromatic carbocycles. The maximum atomic E-state index is 9.58. The zero-order chi connectivity index (χ0) is 6.57. The summed E-state index contributed by atoms with van der Waals surface area (Å²) in [6.07, 6.45) is 0.694. The van der Waals surface area contributed by atoms with Gasteiger partial charge in [0.1, 0.15) is 0 Å². The fraction of sp³-hybridized carbons (Fsp3) is 0.333. The van der Waals surface area contributed by atoms with Crippen LogP contribution in [0.25, 0.3) is 0 Å². The summed E-state index contributed by atoms with van der Waals surface area (Å²) in [7, 11) is 1.51. The van der Waals surface area contributed by atoms with Crippen molar-refractivity contribution in [3.8, 4) is 0 Å². The van der Waals surface area contributed by atoms with Gasteiger partial charge in [0.2, 0.25) is 0 Å². The van der Waals surface area contributed by atoms with Gasteiger partial charge >= 0.3 is 0 Å². The fourth-order valence-electron chi connectivity index (χ4n) is 0.178. The average Bonchev–Trinajstić information content (AvgIpc) is 1.65. The normalized spacial score (nSPS) is 9.67. The smallest absolute Gasteiger partial charge is 0.273 e. The second kappa shape index (κ2) is 5.17. The van der Waals surface area contributed by atoms with E-state index in [-0.39, 0.29) is 18.2 Å². The summed E-state index contributed by atoms with van der Waals surface area (Å²) in [5.74, 6) is 0.0509. The van der Waals surface area contributed by atoms with E-state index < -0.39 is 4.92 Å². The summed E-state index contributed by atoms with van der Waals surface area (Å²) < 4.78 is 0. The van der Waals surface area contributed by atoms with E-state index in [1.54, 1.807) is 0 Å². The lowest BCUT2D eigenvalue weighted by atomic mass is 10.8. The molecular formula is C3H8ClN3O2. The Balaban J connectivity index is 0. The number of nitro groups is 1. The van der Waals surface area contributed by atoms with Crippen LogP contribution in [0.2, 0.25) is 0 Å². The van der Waals surface area contributed by atoms with Gasteiger partial charge in [-0.25, -0.2) is 0 Å². The summed E-state index contributed by atoms with van der Waals surface area (Å²) in [6.45, 7) is 0. The van der Waals surface area contributed by atoms with Crippen molar-refractivity contribution in [3.63, 3.8) is 0 Å². The Morgan fingerprint density at radius 3 is 2.44 bits per heavy atom. The van der Waals surface area contributed by atoms with Crippen molar-refractivity contribution >= 4 is 12.4 Å². The first-order valence-electron chi connectivity index (χ1n) is 1.95. The zero-order valence-electron chi connectivity index (χ0n) is 4.83. The van der Waals surface area contributed by atoms with Crippen molar-refractivity contribution in [2.45, 2.75) is 0 Å². The first-order chi connectivity index (χ1) is 3.66. The highest BCUT2D eigenvalue weighted by Crippen LogP contribution is 1.73. The van der Waals surface area contributed by atoms with Gasteiger partial charge in [0, 0.05) is 7.05 Å². The Kier molecular flexibility index (Phi) is 6.27. The maximum absolute atomic E-state index is 9.58. The lowest BCUT2D eigenvalue weighted by molar-refractivity contribution is -0.403. The van der Waals surface area contributed by atoms with Crippen molar-refractivity contribution in [3.05, 3.63) is 22.1 Å². The average molecular weight is 154 g/mol. The molecule has 0 saturated carbocycles. The second-order valence-corrected chi connectivity index (χ2v) is 1.12. The van der Waals surface area contributed by atoms with Crippen LogP contribution in [0.1, 0.15) is 0 Å². The Labute approximate surface area is 58.5 Å². The Hall–Kier alpha value is -0.970. The summed E-state index contributed by atoms with van der Waals surface area (Å²) in [5.41, 5.74) is 4.98. The molecule has 0 aliphatic carbocycles. The van der Waals surface area contributed by atoms with Crippen LogP contribution in [-0.2, 0) is 0 Å². The number of hydrogen-bond acceptors (Lipinski definition) is 4. The highest BCUT2D eigenvalue weighted by Gasteiger charge is 1.89. The molecule has 0 aliphatic rings.